The van der Waals surface area contributed by atoms with Crippen LogP contribution >= 0.6 is 0 Å². The molecule has 0 radical (unpaired) electrons. The van der Waals surface area contributed by atoms with Crippen LogP contribution in [0.5, 0.6) is 11.6 Å². The van der Waals surface area contributed by atoms with E-state index in [1.165, 1.54) is 24.3 Å². The number of rotatable bonds is 3. The number of para-hydroxylation sites is 1. The normalized spacial score (nSPS) is 9.88. The first-order chi connectivity index (χ1) is 8.16. The fourth-order valence-corrected chi connectivity index (χ4v) is 1.23. The van der Waals surface area contributed by atoms with Crippen LogP contribution in [0.15, 0.2) is 41.2 Å². The molecule has 0 spiro atoms. The number of hydrogen-bond donors (Lipinski definition) is 2. The summed E-state index contributed by atoms with van der Waals surface area (Å²) < 4.78 is 5.26. The van der Waals surface area contributed by atoms with E-state index in [2.05, 4.69) is 10.2 Å². The molecule has 0 aliphatic rings. The van der Waals surface area contributed by atoms with Crippen molar-refractivity contribution in [3.63, 3.8) is 0 Å². The lowest BCUT2D eigenvalue weighted by Gasteiger charge is -2.06. The van der Waals surface area contributed by atoms with Gasteiger partial charge in [-0.2, -0.15) is 0 Å². The average molecular weight is 232 g/mol. The van der Waals surface area contributed by atoms with Gasteiger partial charge in [-0.3, -0.25) is 4.79 Å². The highest BCUT2D eigenvalue weighted by atomic mass is 16.5. The number of nitrogens with zero attached hydrogens (tertiary/aromatic N) is 1. The van der Waals surface area contributed by atoms with Gasteiger partial charge in [-0.15, -0.1) is 5.10 Å². The Balaban J connectivity index is 2.33. The number of aromatic nitrogens is 2. The Morgan fingerprint density at radius 3 is 2.65 bits per heavy atom. The zero-order chi connectivity index (χ0) is 12.3. The maximum Gasteiger partial charge on any atom is 0.339 e. The summed E-state index contributed by atoms with van der Waals surface area (Å²) in [7, 11) is 0. The smallest absolute Gasteiger partial charge is 0.339 e. The number of aromatic carboxylic acids is 1. The first-order valence-electron chi connectivity index (χ1n) is 4.73. The molecule has 0 saturated carbocycles. The van der Waals surface area contributed by atoms with E-state index in [1.54, 1.807) is 12.1 Å². The Morgan fingerprint density at radius 2 is 2.00 bits per heavy atom. The van der Waals surface area contributed by atoms with Crippen molar-refractivity contribution in [1.29, 1.82) is 0 Å². The van der Waals surface area contributed by atoms with E-state index >= 15 is 0 Å². The Labute approximate surface area is 95.5 Å². The number of ether oxygens (including phenoxy) is 1. The standard InChI is InChI=1S/C11H8N2O4/c14-9-5-6-10(13-12-9)17-8-4-2-1-3-7(8)11(15)16/h1-6H,(H,12,14)(H,15,16). The molecule has 0 saturated heterocycles. The van der Waals surface area contributed by atoms with Crippen LogP contribution in [0.25, 0.3) is 0 Å². The Hall–Kier alpha value is -2.63. The summed E-state index contributed by atoms with van der Waals surface area (Å²) in [5.74, 6) is -0.803. The molecule has 86 valence electrons. The number of carboxylic acid groups (broad SMARTS) is 1. The largest absolute Gasteiger partial charge is 0.478 e. The van der Waals surface area contributed by atoms with Gasteiger partial charge in [0.2, 0.25) is 5.88 Å². The fraction of sp³-hybridized carbons (Fsp3) is 0. The van der Waals surface area contributed by atoms with Gasteiger partial charge in [-0.05, 0) is 12.1 Å². The number of H-pyrrole nitrogens is 1. The molecule has 1 aromatic heterocycles. The molecule has 2 rings (SSSR count). The van der Waals surface area contributed by atoms with Crippen molar-refractivity contribution in [3.05, 3.63) is 52.3 Å². The number of nitrogens with one attached hydrogen (secondary N) is 1. The van der Waals surface area contributed by atoms with Crippen molar-refractivity contribution >= 4 is 5.97 Å². The lowest BCUT2D eigenvalue weighted by molar-refractivity contribution is 0.0694. The predicted molar refractivity (Wildman–Crippen MR) is 58.3 cm³/mol. The van der Waals surface area contributed by atoms with Crippen LogP contribution in [-0.4, -0.2) is 21.3 Å². The topological polar surface area (TPSA) is 92.3 Å². The molecule has 1 aromatic carbocycles. The third-order valence-corrected chi connectivity index (χ3v) is 1.99. The van der Waals surface area contributed by atoms with Crippen LogP contribution in [0, 0.1) is 0 Å². The maximum atomic E-state index is 10.9. The molecule has 17 heavy (non-hydrogen) atoms. The lowest BCUT2D eigenvalue weighted by Crippen LogP contribution is -2.06. The highest BCUT2D eigenvalue weighted by Crippen LogP contribution is 2.22. The van der Waals surface area contributed by atoms with Crippen LogP contribution in [-0.2, 0) is 0 Å². The molecular weight excluding hydrogens is 224 g/mol. The number of aromatic amines is 1. The summed E-state index contributed by atoms with van der Waals surface area (Å²) in [5, 5.41) is 14.7. The molecule has 0 unspecified atom stereocenters. The molecule has 0 aliphatic carbocycles. The van der Waals surface area contributed by atoms with Gasteiger partial charge in [0, 0.05) is 12.1 Å². The molecule has 6 heteroatoms. The lowest BCUT2D eigenvalue weighted by atomic mass is 10.2. The molecule has 0 atom stereocenters. The van der Waals surface area contributed by atoms with Crippen molar-refractivity contribution in [3.8, 4) is 11.6 Å². The second-order valence-corrected chi connectivity index (χ2v) is 3.16. The summed E-state index contributed by atoms with van der Waals surface area (Å²) in [6.45, 7) is 0. The van der Waals surface area contributed by atoms with Crippen molar-refractivity contribution < 1.29 is 14.6 Å². The second kappa shape index (κ2) is 4.48. The summed E-state index contributed by atoms with van der Waals surface area (Å²) >= 11 is 0. The summed E-state index contributed by atoms with van der Waals surface area (Å²) in [6, 6.07) is 8.77. The molecule has 0 fully saturated rings. The highest BCUT2D eigenvalue weighted by Gasteiger charge is 2.11. The number of hydrogen-bond acceptors (Lipinski definition) is 4. The SMILES string of the molecule is O=C(O)c1ccccc1Oc1ccc(=O)[nH]n1. The van der Waals surface area contributed by atoms with Crippen LogP contribution in [0.3, 0.4) is 0 Å². The average Bonchev–Trinajstić information content (AvgIpc) is 2.32. The van der Waals surface area contributed by atoms with Gasteiger partial charge in [-0.25, -0.2) is 9.89 Å². The Bertz CT molecular complexity index is 586. The first kappa shape index (κ1) is 10.9. The zero-order valence-electron chi connectivity index (χ0n) is 8.58. The quantitative estimate of drug-likeness (QED) is 0.831. The molecule has 1 heterocycles. The number of carbonyl (C=O) groups is 1. The van der Waals surface area contributed by atoms with E-state index in [9.17, 15) is 9.59 Å². The third kappa shape index (κ3) is 2.49. The van der Waals surface area contributed by atoms with E-state index in [0.29, 0.717) is 0 Å². The monoisotopic (exact) mass is 232 g/mol. The van der Waals surface area contributed by atoms with Gasteiger partial charge >= 0.3 is 5.97 Å². The van der Waals surface area contributed by atoms with Gasteiger partial charge in [0.05, 0.1) is 0 Å². The second-order valence-electron chi connectivity index (χ2n) is 3.16. The van der Waals surface area contributed by atoms with Crippen molar-refractivity contribution in [1.82, 2.24) is 10.2 Å². The fourth-order valence-electron chi connectivity index (χ4n) is 1.23. The number of carboxylic acids is 1. The minimum absolute atomic E-state index is 0.0282. The van der Waals surface area contributed by atoms with Crippen molar-refractivity contribution in [2.45, 2.75) is 0 Å². The molecule has 2 N–H and O–H groups in total. The maximum absolute atomic E-state index is 10.9. The highest BCUT2D eigenvalue weighted by molar-refractivity contribution is 5.90. The van der Waals surface area contributed by atoms with E-state index in [4.69, 9.17) is 9.84 Å². The number of benzene rings is 1. The Morgan fingerprint density at radius 1 is 1.24 bits per heavy atom. The van der Waals surface area contributed by atoms with Crippen LogP contribution in [0.1, 0.15) is 10.4 Å². The zero-order valence-corrected chi connectivity index (χ0v) is 8.58. The van der Waals surface area contributed by atoms with Crippen molar-refractivity contribution in [2.24, 2.45) is 0 Å². The van der Waals surface area contributed by atoms with Crippen LogP contribution < -0.4 is 10.3 Å². The molecule has 6 nitrogen and oxygen atoms in total. The van der Waals surface area contributed by atoms with Crippen LogP contribution in [0.4, 0.5) is 0 Å². The van der Waals surface area contributed by atoms with Gasteiger partial charge in [0.1, 0.15) is 11.3 Å². The van der Waals surface area contributed by atoms with Gasteiger partial charge < -0.3 is 9.84 Å². The first-order valence-corrected chi connectivity index (χ1v) is 4.73. The van der Waals surface area contributed by atoms with Gasteiger partial charge in [0.15, 0.2) is 0 Å². The van der Waals surface area contributed by atoms with Gasteiger partial charge in [-0.1, -0.05) is 12.1 Å². The summed E-state index contributed by atoms with van der Waals surface area (Å²) in [5.41, 5.74) is -0.329. The van der Waals surface area contributed by atoms with E-state index < -0.39 is 5.97 Å². The van der Waals surface area contributed by atoms with E-state index in [0.717, 1.165) is 0 Å². The third-order valence-electron chi connectivity index (χ3n) is 1.99. The molecular formula is C11H8N2O4. The minimum atomic E-state index is -1.09. The van der Waals surface area contributed by atoms with Gasteiger partial charge in [0.25, 0.3) is 5.56 Å². The molecule has 0 aliphatic heterocycles. The van der Waals surface area contributed by atoms with E-state index in [1.807, 2.05) is 0 Å². The summed E-state index contributed by atoms with van der Waals surface area (Å²) in [4.78, 5) is 21.7. The van der Waals surface area contributed by atoms with Crippen molar-refractivity contribution in [2.75, 3.05) is 0 Å². The van der Waals surface area contributed by atoms with E-state index in [-0.39, 0.29) is 22.8 Å². The minimum Gasteiger partial charge on any atom is -0.478 e. The summed E-state index contributed by atoms with van der Waals surface area (Å²) in [6.07, 6.45) is 0. The molecule has 0 amide bonds. The van der Waals surface area contributed by atoms with Crippen LogP contribution in [0.2, 0.25) is 0 Å². The molecule has 2 aromatic rings. The molecule has 0 bridgehead atoms. The Kier molecular flexibility index (Phi) is 2.87. The predicted octanol–water partition coefficient (Wildman–Crippen LogP) is 1.26.